The quantitative estimate of drug-likeness (QED) is 0.800. The molecule has 0 amide bonds. The van der Waals surface area contributed by atoms with E-state index in [4.69, 9.17) is 10.5 Å². The summed E-state index contributed by atoms with van der Waals surface area (Å²) in [5.74, 6) is 5.93. The van der Waals surface area contributed by atoms with Crippen LogP contribution in [0.5, 0.6) is 5.75 Å². The molecule has 0 atom stereocenters. The minimum atomic E-state index is -3.73. The van der Waals surface area contributed by atoms with Gasteiger partial charge in [0.2, 0.25) is 0 Å². The second-order valence-electron chi connectivity index (χ2n) is 3.76. The van der Waals surface area contributed by atoms with E-state index in [1.807, 2.05) is 0 Å². The first-order chi connectivity index (χ1) is 10.1. The van der Waals surface area contributed by atoms with Crippen LogP contribution in [-0.4, -0.2) is 31.7 Å². The Morgan fingerprint density at radius 1 is 1.48 bits per heavy atom. The number of rotatable bonds is 4. The highest BCUT2D eigenvalue weighted by Crippen LogP contribution is 2.23. The van der Waals surface area contributed by atoms with E-state index >= 15 is 0 Å². The predicted octanol–water partition coefficient (Wildman–Crippen LogP) is 0.658. The van der Waals surface area contributed by atoms with Crippen molar-refractivity contribution in [3.05, 3.63) is 30.0 Å². The zero-order valence-electron chi connectivity index (χ0n) is 11.0. The number of sulfonamides is 1. The number of nitrogens with two attached hydrogens (primary N) is 1. The first kappa shape index (κ1) is 15.2. The lowest BCUT2D eigenvalue weighted by Crippen LogP contribution is -2.12. The molecule has 0 spiro atoms. The van der Waals surface area contributed by atoms with Gasteiger partial charge in [-0.3, -0.25) is 4.72 Å². The maximum Gasteiger partial charge on any atom is 0.262 e. The summed E-state index contributed by atoms with van der Waals surface area (Å²) in [7, 11) is -2.25. The van der Waals surface area contributed by atoms with E-state index in [0.717, 1.165) is 11.5 Å². The zero-order valence-corrected chi connectivity index (χ0v) is 12.7. The van der Waals surface area contributed by atoms with Crippen molar-refractivity contribution in [1.29, 1.82) is 0 Å². The zero-order chi connectivity index (χ0) is 15.3. The lowest BCUT2D eigenvalue weighted by Gasteiger charge is -2.08. The molecule has 0 bridgehead atoms. The molecular formula is C12H12N4O3S2. The van der Waals surface area contributed by atoms with Gasteiger partial charge in [-0.25, -0.2) is 8.42 Å². The van der Waals surface area contributed by atoms with Crippen molar-refractivity contribution in [1.82, 2.24) is 9.59 Å². The molecule has 0 unspecified atom stereocenters. The first-order valence-corrected chi connectivity index (χ1v) is 7.99. The summed E-state index contributed by atoms with van der Waals surface area (Å²) >= 11 is 0.950. The highest BCUT2D eigenvalue weighted by Gasteiger charge is 2.17. The molecule has 0 saturated heterocycles. The van der Waals surface area contributed by atoms with Crippen LogP contribution in [0.1, 0.15) is 5.56 Å². The van der Waals surface area contributed by atoms with Gasteiger partial charge in [0.25, 0.3) is 10.0 Å². The Balaban J connectivity index is 2.39. The van der Waals surface area contributed by atoms with Crippen LogP contribution in [0.25, 0.3) is 0 Å². The van der Waals surface area contributed by atoms with Gasteiger partial charge < -0.3 is 10.5 Å². The summed E-state index contributed by atoms with van der Waals surface area (Å²) in [6, 6.07) is 4.40. The van der Waals surface area contributed by atoms with E-state index < -0.39 is 10.0 Å². The Morgan fingerprint density at radius 2 is 2.29 bits per heavy atom. The van der Waals surface area contributed by atoms with Crippen molar-refractivity contribution in [2.45, 2.75) is 4.90 Å². The minimum Gasteiger partial charge on any atom is -0.495 e. The smallest absolute Gasteiger partial charge is 0.262 e. The van der Waals surface area contributed by atoms with Crippen molar-refractivity contribution >= 4 is 26.6 Å². The van der Waals surface area contributed by atoms with Crippen LogP contribution >= 0.6 is 11.5 Å². The van der Waals surface area contributed by atoms with E-state index in [1.165, 1.54) is 25.4 Å². The number of aromatic nitrogens is 2. The molecule has 0 saturated carbocycles. The topological polar surface area (TPSA) is 107 Å². The molecule has 0 aliphatic heterocycles. The molecule has 1 aromatic carbocycles. The average Bonchev–Trinajstić information content (AvgIpc) is 2.96. The summed E-state index contributed by atoms with van der Waals surface area (Å²) in [4.78, 5) is 0.0676. The molecule has 3 N–H and O–H groups in total. The van der Waals surface area contributed by atoms with Gasteiger partial charge in [0.1, 0.15) is 10.8 Å². The van der Waals surface area contributed by atoms with Gasteiger partial charge in [0, 0.05) is 11.5 Å². The number of benzene rings is 1. The first-order valence-electron chi connectivity index (χ1n) is 5.74. The Kier molecular flexibility index (Phi) is 4.74. The lowest BCUT2D eigenvalue weighted by atomic mass is 10.2. The van der Waals surface area contributed by atoms with E-state index in [9.17, 15) is 8.42 Å². The highest BCUT2D eigenvalue weighted by atomic mass is 32.2. The molecule has 1 heterocycles. The lowest BCUT2D eigenvalue weighted by molar-refractivity contribution is 0.413. The molecule has 2 rings (SSSR count). The normalized spacial score (nSPS) is 10.6. The Bertz CT molecular complexity index is 777. The van der Waals surface area contributed by atoms with E-state index in [2.05, 4.69) is 26.1 Å². The van der Waals surface area contributed by atoms with Gasteiger partial charge in [0.05, 0.1) is 30.3 Å². The Labute approximate surface area is 126 Å². The number of hydrogen-bond donors (Lipinski definition) is 2. The second kappa shape index (κ2) is 6.53. The molecule has 2 aromatic rings. The summed E-state index contributed by atoms with van der Waals surface area (Å²) < 4.78 is 35.6. The number of methoxy groups -OCH3 is 1. The molecule has 9 heteroatoms. The molecule has 21 heavy (non-hydrogen) atoms. The van der Waals surface area contributed by atoms with Gasteiger partial charge in [-0.15, -0.1) is 5.10 Å². The number of hydrogen-bond acceptors (Lipinski definition) is 7. The minimum absolute atomic E-state index is 0.0676. The molecule has 0 aliphatic rings. The van der Waals surface area contributed by atoms with Crippen molar-refractivity contribution < 1.29 is 13.2 Å². The molecule has 0 radical (unpaired) electrons. The van der Waals surface area contributed by atoms with Crippen molar-refractivity contribution in [3.8, 4) is 17.6 Å². The molecular weight excluding hydrogens is 312 g/mol. The maximum absolute atomic E-state index is 12.3. The summed E-state index contributed by atoms with van der Waals surface area (Å²) in [5.41, 5.74) is 5.78. The average molecular weight is 324 g/mol. The summed E-state index contributed by atoms with van der Waals surface area (Å²) in [6.07, 6.45) is 1.33. The summed E-state index contributed by atoms with van der Waals surface area (Å²) in [6.45, 7) is 0.172. The fraction of sp³-hybridized carbons (Fsp3) is 0.167. The van der Waals surface area contributed by atoms with E-state index in [0.29, 0.717) is 16.3 Å². The fourth-order valence-corrected chi connectivity index (χ4v) is 3.21. The van der Waals surface area contributed by atoms with Gasteiger partial charge in [0.15, 0.2) is 0 Å². The number of ether oxygens (including phenoxy) is 1. The molecule has 0 fully saturated rings. The van der Waals surface area contributed by atoms with Crippen LogP contribution in [0, 0.1) is 11.8 Å². The number of anilines is 1. The third kappa shape index (κ3) is 3.69. The standard InChI is InChI=1S/C12H12N4O3S2/c1-19-11-5-4-10(7-9(11)3-2-6-13)21(17,18)15-12-8-14-16-20-12/h4-5,7-8,15H,6,13H2,1H3. The van der Waals surface area contributed by atoms with Crippen LogP contribution in [0.3, 0.4) is 0 Å². The van der Waals surface area contributed by atoms with Crippen molar-refractivity contribution in [3.63, 3.8) is 0 Å². The third-order valence-corrected chi connectivity index (χ3v) is 4.48. The molecule has 7 nitrogen and oxygen atoms in total. The van der Waals surface area contributed by atoms with E-state index in [-0.39, 0.29) is 11.4 Å². The number of nitrogens with one attached hydrogen (secondary N) is 1. The molecule has 110 valence electrons. The van der Waals surface area contributed by atoms with Gasteiger partial charge in [-0.05, 0) is 18.2 Å². The monoisotopic (exact) mass is 324 g/mol. The van der Waals surface area contributed by atoms with Gasteiger partial charge in [-0.2, -0.15) is 0 Å². The second-order valence-corrected chi connectivity index (χ2v) is 6.22. The highest BCUT2D eigenvalue weighted by molar-refractivity contribution is 7.93. The maximum atomic E-state index is 12.3. The Morgan fingerprint density at radius 3 is 2.90 bits per heavy atom. The van der Waals surface area contributed by atoms with Crippen LogP contribution in [0.2, 0.25) is 0 Å². The van der Waals surface area contributed by atoms with Crippen LogP contribution in [-0.2, 0) is 10.0 Å². The van der Waals surface area contributed by atoms with Gasteiger partial charge in [-0.1, -0.05) is 16.3 Å². The number of nitrogens with zero attached hydrogens (tertiary/aromatic N) is 2. The van der Waals surface area contributed by atoms with Crippen LogP contribution < -0.4 is 15.2 Å². The Hall–Kier alpha value is -2.15. The molecule has 0 aliphatic carbocycles. The SMILES string of the molecule is COc1ccc(S(=O)(=O)Nc2cnns2)cc1C#CCN. The van der Waals surface area contributed by atoms with Crippen LogP contribution in [0.4, 0.5) is 5.00 Å². The van der Waals surface area contributed by atoms with E-state index in [1.54, 1.807) is 6.07 Å². The third-order valence-electron chi connectivity index (χ3n) is 2.40. The van der Waals surface area contributed by atoms with Crippen molar-refractivity contribution in [2.24, 2.45) is 5.73 Å². The summed E-state index contributed by atoms with van der Waals surface area (Å²) in [5, 5.41) is 3.90. The fourth-order valence-electron chi connectivity index (χ4n) is 1.50. The van der Waals surface area contributed by atoms with Crippen LogP contribution in [0.15, 0.2) is 29.3 Å². The van der Waals surface area contributed by atoms with Crippen molar-refractivity contribution in [2.75, 3.05) is 18.4 Å². The molecule has 1 aromatic heterocycles. The predicted molar refractivity (Wildman–Crippen MR) is 79.6 cm³/mol. The largest absolute Gasteiger partial charge is 0.495 e. The van der Waals surface area contributed by atoms with Gasteiger partial charge >= 0.3 is 0 Å².